The summed E-state index contributed by atoms with van der Waals surface area (Å²) < 4.78 is 11.7. The van der Waals surface area contributed by atoms with Gasteiger partial charge in [0.25, 0.3) is 0 Å². The molecule has 9 heavy (non-hydrogen) atoms. The van der Waals surface area contributed by atoms with Gasteiger partial charge in [0.2, 0.25) is 0 Å². The van der Waals surface area contributed by atoms with Gasteiger partial charge in [0.1, 0.15) is 16.7 Å². The predicted molar refractivity (Wildman–Crippen MR) is 41.7 cm³/mol. The first kappa shape index (κ1) is 7.08. The summed E-state index contributed by atoms with van der Waals surface area (Å²) in [5.74, 6) is 0.552. The van der Waals surface area contributed by atoms with Gasteiger partial charge in [-0.05, 0) is 6.26 Å². The molecule has 0 aliphatic carbocycles. The summed E-state index contributed by atoms with van der Waals surface area (Å²) in [5, 5.41) is 5.70. The van der Waals surface area contributed by atoms with Crippen molar-refractivity contribution in [2.75, 3.05) is 19.2 Å². The molecule has 0 N–H and O–H groups in total. The van der Waals surface area contributed by atoms with Crippen LogP contribution in [0.4, 0.5) is 0 Å². The third-order valence-electron chi connectivity index (χ3n) is 0.926. The van der Waals surface area contributed by atoms with Crippen LogP contribution in [0, 0.1) is 0 Å². The van der Waals surface area contributed by atoms with Crippen LogP contribution in [-0.2, 0) is 10.8 Å². The zero-order valence-corrected chi connectivity index (χ0v) is 6.96. The highest BCUT2D eigenvalue weighted by Gasteiger charge is 2.17. The Morgan fingerprint density at radius 2 is 2.56 bits per heavy atom. The molecule has 0 amide bonds. The van der Waals surface area contributed by atoms with Crippen molar-refractivity contribution in [1.29, 1.82) is 0 Å². The second-order valence-electron chi connectivity index (χ2n) is 1.70. The Bertz CT molecular complexity index is 168. The topological polar surface area (TPSA) is 32.7 Å². The molecule has 1 aliphatic rings. The van der Waals surface area contributed by atoms with E-state index in [1.807, 2.05) is 13.3 Å². The molecule has 1 atom stereocenters. The van der Waals surface area contributed by atoms with Crippen molar-refractivity contribution in [2.45, 2.75) is 0 Å². The van der Waals surface area contributed by atoms with E-state index in [0.29, 0.717) is 5.88 Å². The molecule has 5 heteroatoms. The van der Waals surface area contributed by atoms with E-state index in [-0.39, 0.29) is 0 Å². The molecule has 0 aromatic heterocycles. The molecular formula is C4H8N2OS2. The van der Waals surface area contributed by atoms with E-state index in [4.69, 9.17) is 0 Å². The summed E-state index contributed by atoms with van der Waals surface area (Å²) in [6, 6.07) is 0. The molecule has 52 valence electrons. The molecule has 0 spiro atoms. The standard InChI is InChI=1S/C4H8N2OS2/c1-6-3-9(7)4(5-6)8-2/h3H2,1-2H3. The summed E-state index contributed by atoms with van der Waals surface area (Å²) in [4.78, 5) is 0. The number of thioether (sulfide) groups is 1. The number of nitrogens with zero attached hydrogens (tertiary/aromatic N) is 2. The van der Waals surface area contributed by atoms with E-state index < -0.39 is 10.8 Å². The smallest absolute Gasteiger partial charge is 0.182 e. The van der Waals surface area contributed by atoms with Gasteiger partial charge in [-0.3, -0.25) is 9.22 Å². The molecule has 0 radical (unpaired) electrons. The Hall–Kier alpha value is -0.0300. The van der Waals surface area contributed by atoms with Crippen LogP contribution in [-0.4, -0.2) is 32.8 Å². The minimum Gasteiger partial charge on any atom is -0.285 e. The van der Waals surface area contributed by atoms with Crippen LogP contribution >= 0.6 is 11.8 Å². The summed E-state index contributed by atoms with van der Waals surface area (Å²) in [7, 11) is 0.969. The maximum absolute atomic E-state index is 10.9. The normalized spacial score (nSPS) is 26.7. The molecule has 0 aromatic rings. The maximum Gasteiger partial charge on any atom is 0.182 e. The Labute approximate surface area is 61.0 Å². The van der Waals surface area contributed by atoms with Gasteiger partial charge < -0.3 is 0 Å². The molecule has 1 aliphatic heterocycles. The highest BCUT2D eigenvalue weighted by atomic mass is 32.2. The molecule has 0 saturated heterocycles. The maximum atomic E-state index is 10.9. The van der Waals surface area contributed by atoms with Gasteiger partial charge in [0, 0.05) is 7.05 Å². The Morgan fingerprint density at radius 3 is 2.78 bits per heavy atom. The van der Waals surface area contributed by atoms with E-state index in [1.165, 1.54) is 11.8 Å². The van der Waals surface area contributed by atoms with E-state index in [9.17, 15) is 4.21 Å². The molecule has 3 nitrogen and oxygen atoms in total. The molecule has 0 aromatic carbocycles. The van der Waals surface area contributed by atoms with Gasteiger partial charge in [-0.25, -0.2) is 0 Å². The lowest BCUT2D eigenvalue weighted by molar-refractivity contribution is 0.427. The average Bonchev–Trinajstić information content (AvgIpc) is 2.10. The van der Waals surface area contributed by atoms with Gasteiger partial charge in [-0.2, -0.15) is 5.10 Å². The second kappa shape index (κ2) is 2.70. The third-order valence-corrected chi connectivity index (χ3v) is 3.49. The highest BCUT2D eigenvalue weighted by molar-refractivity contribution is 8.33. The minimum atomic E-state index is -0.852. The number of rotatable bonds is 0. The third kappa shape index (κ3) is 1.46. The van der Waals surface area contributed by atoms with Gasteiger partial charge >= 0.3 is 0 Å². The first-order valence-corrected chi connectivity index (χ1v) is 5.00. The van der Waals surface area contributed by atoms with Gasteiger partial charge in [0.05, 0.1) is 0 Å². The SMILES string of the molecule is CSC1=NN(C)CS1=O. The van der Waals surface area contributed by atoms with E-state index >= 15 is 0 Å². The minimum absolute atomic E-state index is 0.552. The fourth-order valence-electron chi connectivity index (χ4n) is 0.572. The van der Waals surface area contributed by atoms with Crippen molar-refractivity contribution < 1.29 is 4.21 Å². The van der Waals surface area contributed by atoms with Crippen molar-refractivity contribution in [1.82, 2.24) is 5.01 Å². The molecular weight excluding hydrogens is 156 g/mol. The number of hydrogen-bond acceptors (Lipinski definition) is 4. The van der Waals surface area contributed by atoms with Gasteiger partial charge in [-0.15, -0.1) is 0 Å². The van der Waals surface area contributed by atoms with Crippen LogP contribution in [0.3, 0.4) is 0 Å². The number of hydrogen-bond donors (Lipinski definition) is 0. The van der Waals surface area contributed by atoms with E-state index in [1.54, 1.807) is 5.01 Å². The number of hydrazone groups is 1. The van der Waals surface area contributed by atoms with Crippen LogP contribution in [0.2, 0.25) is 0 Å². The van der Waals surface area contributed by atoms with Crippen LogP contribution in [0.5, 0.6) is 0 Å². The zero-order chi connectivity index (χ0) is 6.85. The largest absolute Gasteiger partial charge is 0.285 e. The molecule has 0 saturated carbocycles. The fraction of sp³-hybridized carbons (Fsp3) is 0.750. The monoisotopic (exact) mass is 164 g/mol. The quantitative estimate of drug-likeness (QED) is 0.515. The summed E-state index contributed by atoms with van der Waals surface area (Å²) in [5.41, 5.74) is 0. The second-order valence-corrected chi connectivity index (χ2v) is 4.09. The van der Waals surface area contributed by atoms with Crippen LogP contribution in [0.15, 0.2) is 5.10 Å². The highest BCUT2D eigenvalue weighted by Crippen LogP contribution is 2.11. The Kier molecular flexibility index (Phi) is 2.13. The molecule has 1 unspecified atom stereocenters. The lowest BCUT2D eigenvalue weighted by Crippen LogP contribution is -2.08. The molecule has 0 fully saturated rings. The molecule has 1 rings (SSSR count). The Morgan fingerprint density at radius 1 is 1.89 bits per heavy atom. The average molecular weight is 164 g/mol. The summed E-state index contributed by atoms with van der Waals surface area (Å²) >= 11 is 1.45. The summed E-state index contributed by atoms with van der Waals surface area (Å²) in [6.07, 6.45) is 1.88. The zero-order valence-electron chi connectivity index (χ0n) is 5.33. The van der Waals surface area contributed by atoms with E-state index in [2.05, 4.69) is 5.10 Å². The summed E-state index contributed by atoms with van der Waals surface area (Å²) in [6.45, 7) is 0. The van der Waals surface area contributed by atoms with Crippen LogP contribution in [0.1, 0.15) is 0 Å². The van der Waals surface area contributed by atoms with Crippen LogP contribution < -0.4 is 0 Å². The van der Waals surface area contributed by atoms with Crippen molar-refractivity contribution in [3.8, 4) is 0 Å². The van der Waals surface area contributed by atoms with Crippen molar-refractivity contribution in [3.05, 3.63) is 0 Å². The predicted octanol–water partition coefficient (Wildman–Crippen LogP) is 0.272. The van der Waals surface area contributed by atoms with Crippen molar-refractivity contribution in [3.63, 3.8) is 0 Å². The van der Waals surface area contributed by atoms with Crippen LogP contribution in [0.25, 0.3) is 0 Å². The van der Waals surface area contributed by atoms with Crippen molar-refractivity contribution in [2.24, 2.45) is 5.10 Å². The first-order chi connectivity index (χ1) is 4.24. The lowest BCUT2D eigenvalue weighted by atomic mass is 11.2. The molecule has 1 heterocycles. The van der Waals surface area contributed by atoms with E-state index in [0.717, 1.165) is 4.38 Å². The molecule has 0 bridgehead atoms. The first-order valence-electron chi connectivity index (χ1n) is 2.46. The fourth-order valence-corrected chi connectivity index (χ4v) is 2.43. The van der Waals surface area contributed by atoms with Gasteiger partial charge in [-0.1, -0.05) is 11.8 Å². The lowest BCUT2D eigenvalue weighted by Gasteiger charge is -1.98. The van der Waals surface area contributed by atoms with Crippen molar-refractivity contribution >= 4 is 26.9 Å². The Balaban J connectivity index is 2.68. The van der Waals surface area contributed by atoms with Gasteiger partial charge in [0.15, 0.2) is 4.38 Å².